The maximum Gasteiger partial charge on any atom is 0.318 e. The highest BCUT2D eigenvalue weighted by Crippen LogP contribution is 2.29. The van der Waals surface area contributed by atoms with Gasteiger partial charge in [-0.15, -0.1) is 0 Å². The first-order valence-electron chi connectivity index (χ1n) is 9.68. The maximum atomic E-state index is 13.0. The van der Waals surface area contributed by atoms with E-state index < -0.39 is 5.54 Å². The Balaban J connectivity index is 2.02. The molecule has 2 aliphatic rings. The lowest BCUT2D eigenvalue weighted by molar-refractivity contribution is -0.129. The van der Waals surface area contributed by atoms with Crippen LogP contribution in [0, 0.1) is 0 Å². The first-order valence-corrected chi connectivity index (χ1v) is 9.68. The number of hydrogen-bond acceptors (Lipinski definition) is 4. The Bertz CT molecular complexity index is 432. The molecule has 1 heterocycles. The van der Waals surface area contributed by atoms with Gasteiger partial charge in [0.2, 0.25) is 5.91 Å². The fourth-order valence-electron chi connectivity index (χ4n) is 3.60. The molecule has 0 spiro atoms. The maximum absolute atomic E-state index is 13.0. The number of ether oxygens (including phenoxy) is 1. The van der Waals surface area contributed by atoms with Gasteiger partial charge in [0.15, 0.2) is 0 Å². The molecule has 1 aliphatic carbocycles. The van der Waals surface area contributed by atoms with E-state index in [2.05, 4.69) is 17.6 Å². The number of carbonyl (C=O) groups excluding carboxylic acids is 2. The number of aliphatic hydroxyl groups is 1. The molecule has 1 saturated carbocycles. The lowest BCUT2D eigenvalue weighted by Gasteiger charge is -2.39. The molecule has 1 saturated heterocycles. The monoisotopic (exact) mass is 355 g/mol. The molecular formula is C18H33N3O4. The predicted molar refractivity (Wildman–Crippen MR) is 95.3 cm³/mol. The van der Waals surface area contributed by atoms with Crippen molar-refractivity contribution in [3.63, 3.8) is 0 Å². The first kappa shape index (κ1) is 20.0. The van der Waals surface area contributed by atoms with E-state index in [1.54, 1.807) is 4.90 Å². The van der Waals surface area contributed by atoms with E-state index in [1.807, 2.05) is 0 Å². The topological polar surface area (TPSA) is 90.9 Å². The van der Waals surface area contributed by atoms with Crippen LogP contribution >= 0.6 is 0 Å². The van der Waals surface area contributed by atoms with E-state index in [0.717, 1.165) is 38.5 Å². The van der Waals surface area contributed by atoms with Gasteiger partial charge in [-0.3, -0.25) is 4.79 Å². The zero-order valence-corrected chi connectivity index (χ0v) is 15.4. The fraction of sp³-hybridized carbons (Fsp3) is 0.889. The molecule has 7 nitrogen and oxygen atoms in total. The Labute approximate surface area is 150 Å². The van der Waals surface area contributed by atoms with Crippen molar-refractivity contribution in [2.24, 2.45) is 0 Å². The molecule has 3 N–H and O–H groups in total. The van der Waals surface area contributed by atoms with Crippen LogP contribution in [0.1, 0.15) is 58.3 Å². The molecule has 0 aromatic heterocycles. The van der Waals surface area contributed by atoms with Crippen LogP contribution < -0.4 is 10.6 Å². The molecule has 7 heteroatoms. The Morgan fingerprint density at radius 3 is 2.48 bits per heavy atom. The molecule has 0 aromatic rings. The summed E-state index contributed by atoms with van der Waals surface area (Å²) in [4.78, 5) is 27.3. The molecule has 0 radical (unpaired) electrons. The smallest absolute Gasteiger partial charge is 0.318 e. The Kier molecular flexibility index (Phi) is 7.96. The summed E-state index contributed by atoms with van der Waals surface area (Å²) >= 11 is 0. The quantitative estimate of drug-likeness (QED) is 0.644. The minimum atomic E-state index is -0.854. The number of rotatable bonds is 7. The van der Waals surface area contributed by atoms with Gasteiger partial charge in [0.1, 0.15) is 5.54 Å². The molecule has 2 fully saturated rings. The van der Waals surface area contributed by atoms with Crippen LogP contribution in [0.3, 0.4) is 0 Å². The summed E-state index contributed by atoms with van der Waals surface area (Å²) in [5, 5.41) is 15.5. The highest BCUT2D eigenvalue weighted by Gasteiger charge is 2.42. The molecule has 3 amide bonds. The molecule has 25 heavy (non-hydrogen) atoms. The summed E-state index contributed by atoms with van der Waals surface area (Å²) in [5.41, 5.74) is -0.854. The first-order chi connectivity index (χ1) is 12.1. The average molecular weight is 355 g/mol. The van der Waals surface area contributed by atoms with Crippen molar-refractivity contribution in [1.82, 2.24) is 15.5 Å². The zero-order chi connectivity index (χ0) is 18.1. The van der Waals surface area contributed by atoms with Gasteiger partial charge in [-0.1, -0.05) is 39.0 Å². The van der Waals surface area contributed by atoms with Crippen LogP contribution in [0.25, 0.3) is 0 Å². The van der Waals surface area contributed by atoms with E-state index >= 15 is 0 Å². The van der Waals surface area contributed by atoms with Gasteiger partial charge in [-0.05, 0) is 19.3 Å². The third kappa shape index (κ3) is 5.57. The van der Waals surface area contributed by atoms with Gasteiger partial charge in [-0.2, -0.15) is 0 Å². The number of hydrogen-bond donors (Lipinski definition) is 3. The van der Waals surface area contributed by atoms with Crippen LogP contribution in [-0.2, 0) is 9.53 Å². The Morgan fingerprint density at radius 2 is 1.88 bits per heavy atom. The van der Waals surface area contributed by atoms with E-state index in [0.29, 0.717) is 39.1 Å². The number of urea groups is 1. The molecular weight excluding hydrogens is 322 g/mol. The Morgan fingerprint density at radius 1 is 1.20 bits per heavy atom. The molecule has 2 rings (SSSR count). The lowest BCUT2D eigenvalue weighted by atomic mass is 9.80. The summed E-state index contributed by atoms with van der Waals surface area (Å²) in [6.45, 7) is 4.20. The summed E-state index contributed by atoms with van der Waals surface area (Å²) in [6.07, 6.45) is 6.98. The minimum absolute atomic E-state index is 0.0702. The van der Waals surface area contributed by atoms with Gasteiger partial charge in [0.25, 0.3) is 0 Å². The minimum Gasteiger partial charge on any atom is -0.394 e. The van der Waals surface area contributed by atoms with Gasteiger partial charge < -0.3 is 25.4 Å². The number of carbonyl (C=O) groups is 2. The number of morpholine rings is 1. The van der Waals surface area contributed by atoms with Crippen molar-refractivity contribution in [3.05, 3.63) is 0 Å². The highest BCUT2D eigenvalue weighted by molar-refractivity contribution is 5.91. The van der Waals surface area contributed by atoms with Crippen LogP contribution in [0.5, 0.6) is 0 Å². The third-order valence-electron chi connectivity index (χ3n) is 5.25. The Hall–Kier alpha value is -1.34. The van der Waals surface area contributed by atoms with Crippen molar-refractivity contribution < 1.29 is 19.4 Å². The number of unbranched alkanes of at least 4 members (excludes halogenated alkanes) is 1. The van der Waals surface area contributed by atoms with E-state index in [4.69, 9.17) is 4.74 Å². The van der Waals surface area contributed by atoms with Gasteiger partial charge >= 0.3 is 6.03 Å². The molecule has 0 aromatic carbocycles. The van der Waals surface area contributed by atoms with Crippen LogP contribution in [0.4, 0.5) is 4.79 Å². The SMILES string of the molecule is CCCCC(CO)NC(=O)C1(NC(=O)N2CCOCC2)CCCCC1. The molecule has 1 aliphatic heterocycles. The lowest BCUT2D eigenvalue weighted by Crippen LogP contribution is -2.64. The van der Waals surface area contributed by atoms with E-state index in [9.17, 15) is 14.7 Å². The van der Waals surface area contributed by atoms with Crippen molar-refractivity contribution in [2.45, 2.75) is 69.9 Å². The van der Waals surface area contributed by atoms with Crippen molar-refractivity contribution in [1.29, 1.82) is 0 Å². The van der Waals surface area contributed by atoms with E-state index in [1.165, 1.54) is 0 Å². The number of aliphatic hydroxyl groups excluding tert-OH is 1. The third-order valence-corrected chi connectivity index (χ3v) is 5.25. The summed E-state index contributed by atoms with van der Waals surface area (Å²) in [5.74, 6) is -0.149. The van der Waals surface area contributed by atoms with E-state index in [-0.39, 0.29) is 24.6 Å². The standard InChI is InChI=1S/C18H33N3O4/c1-2-3-7-15(14-22)19-16(23)18(8-5-4-6-9-18)20-17(24)21-10-12-25-13-11-21/h15,22H,2-14H2,1H3,(H,19,23)(H,20,24). The molecule has 1 unspecified atom stereocenters. The molecule has 144 valence electrons. The summed E-state index contributed by atoms with van der Waals surface area (Å²) in [6, 6.07) is -0.430. The van der Waals surface area contributed by atoms with Crippen LogP contribution in [-0.4, -0.2) is 66.4 Å². The van der Waals surface area contributed by atoms with Crippen molar-refractivity contribution in [3.8, 4) is 0 Å². The zero-order valence-electron chi connectivity index (χ0n) is 15.4. The second-order valence-electron chi connectivity index (χ2n) is 7.17. The molecule has 1 atom stereocenters. The number of nitrogens with one attached hydrogen (secondary N) is 2. The summed E-state index contributed by atoms with van der Waals surface area (Å²) < 4.78 is 5.29. The second kappa shape index (κ2) is 9.97. The fourth-order valence-corrected chi connectivity index (χ4v) is 3.60. The highest BCUT2D eigenvalue weighted by atomic mass is 16.5. The van der Waals surface area contributed by atoms with Crippen molar-refractivity contribution >= 4 is 11.9 Å². The molecule has 0 bridgehead atoms. The predicted octanol–water partition coefficient (Wildman–Crippen LogP) is 1.40. The number of amides is 3. The normalized spacial score (nSPS) is 21.4. The number of nitrogens with zero attached hydrogens (tertiary/aromatic N) is 1. The largest absolute Gasteiger partial charge is 0.394 e. The van der Waals surface area contributed by atoms with Gasteiger partial charge in [-0.25, -0.2) is 4.79 Å². The average Bonchev–Trinajstić information content (AvgIpc) is 2.66. The van der Waals surface area contributed by atoms with Gasteiger partial charge in [0.05, 0.1) is 25.9 Å². The van der Waals surface area contributed by atoms with Gasteiger partial charge in [0, 0.05) is 13.1 Å². The van der Waals surface area contributed by atoms with Crippen LogP contribution in [0.2, 0.25) is 0 Å². The summed E-state index contributed by atoms with van der Waals surface area (Å²) in [7, 11) is 0. The second-order valence-corrected chi connectivity index (χ2v) is 7.17. The van der Waals surface area contributed by atoms with Crippen molar-refractivity contribution in [2.75, 3.05) is 32.9 Å². The van der Waals surface area contributed by atoms with Crippen LogP contribution in [0.15, 0.2) is 0 Å².